The van der Waals surface area contributed by atoms with Crippen LogP contribution in [0.4, 0.5) is 11.5 Å². The predicted molar refractivity (Wildman–Crippen MR) is 136 cm³/mol. The average Bonchev–Trinajstić information content (AvgIpc) is 3.32. The molecule has 0 atom stereocenters. The van der Waals surface area contributed by atoms with Crippen LogP contribution in [0.1, 0.15) is 6.42 Å². The molecule has 1 saturated heterocycles. The molecule has 11 heteroatoms. The minimum atomic E-state index is 0. The lowest BCUT2D eigenvalue weighted by Gasteiger charge is -2.27. The highest BCUT2D eigenvalue weighted by Gasteiger charge is 2.19. The third kappa shape index (κ3) is 5.67. The molecule has 2 N–H and O–H groups in total. The molecule has 3 aromatic rings. The van der Waals surface area contributed by atoms with Gasteiger partial charge in [-0.25, -0.2) is 9.97 Å². The number of hydrogen-bond donors (Lipinski definition) is 2. The standard InChI is InChI=1S/C23H27N5O4.2ClH/c1-29-20-12-16-18(13-21(20)30-11-3-8-28-9-6-24-7-10-28)25-14-26-23(16)27-17-4-2-5-19-22(17)32-15-31-19;;/h2,4-5,12-14,24H,3,6-11,15H2,1H3,(H,25,26,27);2*1H. The van der Waals surface area contributed by atoms with Gasteiger partial charge in [0.15, 0.2) is 23.0 Å². The van der Waals surface area contributed by atoms with Crippen LogP contribution in [0, 0.1) is 0 Å². The topological polar surface area (TPSA) is 90.0 Å². The van der Waals surface area contributed by atoms with Crippen molar-refractivity contribution in [2.75, 3.05) is 58.6 Å². The number of nitrogens with zero attached hydrogens (tertiary/aromatic N) is 3. The molecular formula is C23H29Cl2N5O4. The first kappa shape index (κ1) is 25.9. The van der Waals surface area contributed by atoms with E-state index in [1.54, 1.807) is 7.11 Å². The zero-order chi connectivity index (χ0) is 21.8. The minimum Gasteiger partial charge on any atom is -0.493 e. The molecular weight excluding hydrogens is 481 g/mol. The van der Waals surface area contributed by atoms with Gasteiger partial charge in [0.2, 0.25) is 6.79 Å². The lowest BCUT2D eigenvalue weighted by Crippen LogP contribution is -2.43. The zero-order valence-electron chi connectivity index (χ0n) is 18.9. The average molecular weight is 510 g/mol. The Bertz CT molecular complexity index is 1100. The number of para-hydroxylation sites is 1. The van der Waals surface area contributed by atoms with Gasteiger partial charge in [0.1, 0.15) is 12.1 Å². The highest BCUT2D eigenvalue weighted by molar-refractivity contribution is 5.93. The van der Waals surface area contributed by atoms with Crippen molar-refractivity contribution in [3.05, 3.63) is 36.7 Å². The van der Waals surface area contributed by atoms with Crippen molar-refractivity contribution in [3.63, 3.8) is 0 Å². The van der Waals surface area contributed by atoms with Gasteiger partial charge in [-0.3, -0.25) is 0 Å². The summed E-state index contributed by atoms with van der Waals surface area (Å²) in [5.41, 5.74) is 1.55. The molecule has 9 nitrogen and oxygen atoms in total. The van der Waals surface area contributed by atoms with Crippen LogP contribution in [0.5, 0.6) is 23.0 Å². The fourth-order valence-electron chi connectivity index (χ4n) is 4.00. The third-order valence-corrected chi connectivity index (χ3v) is 5.66. The number of aromatic nitrogens is 2. The van der Waals surface area contributed by atoms with Crippen LogP contribution in [0.25, 0.3) is 10.9 Å². The fraction of sp³-hybridized carbons (Fsp3) is 0.391. The summed E-state index contributed by atoms with van der Waals surface area (Å²) in [4.78, 5) is 11.3. The normalized spacial score (nSPS) is 14.7. The number of benzene rings is 2. The van der Waals surface area contributed by atoms with Gasteiger partial charge in [0.05, 0.1) is 24.9 Å². The molecule has 1 fully saturated rings. The molecule has 34 heavy (non-hydrogen) atoms. The molecule has 0 radical (unpaired) electrons. The maximum Gasteiger partial charge on any atom is 0.231 e. The highest BCUT2D eigenvalue weighted by atomic mass is 35.5. The van der Waals surface area contributed by atoms with Crippen LogP contribution in [-0.2, 0) is 0 Å². The summed E-state index contributed by atoms with van der Waals surface area (Å²) in [6.45, 7) is 6.15. The Morgan fingerprint density at radius 1 is 1.09 bits per heavy atom. The summed E-state index contributed by atoms with van der Waals surface area (Å²) in [6.07, 6.45) is 2.49. The lowest BCUT2D eigenvalue weighted by molar-refractivity contribution is 0.174. The van der Waals surface area contributed by atoms with Gasteiger partial charge in [-0.1, -0.05) is 6.07 Å². The highest BCUT2D eigenvalue weighted by Crippen LogP contribution is 2.41. The second-order valence-corrected chi connectivity index (χ2v) is 7.70. The smallest absolute Gasteiger partial charge is 0.231 e. The monoisotopic (exact) mass is 509 g/mol. The predicted octanol–water partition coefficient (Wildman–Crippen LogP) is 3.63. The van der Waals surface area contributed by atoms with E-state index in [2.05, 4.69) is 25.5 Å². The minimum absolute atomic E-state index is 0. The summed E-state index contributed by atoms with van der Waals surface area (Å²) in [5.74, 6) is 3.37. The van der Waals surface area contributed by atoms with Gasteiger partial charge in [0, 0.05) is 44.2 Å². The largest absolute Gasteiger partial charge is 0.493 e. The molecule has 2 aliphatic rings. The van der Waals surface area contributed by atoms with Gasteiger partial charge in [0.25, 0.3) is 0 Å². The molecule has 0 aliphatic carbocycles. The number of methoxy groups -OCH3 is 1. The summed E-state index contributed by atoms with van der Waals surface area (Å²) in [6, 6.07) is 9.52. The number of rotatable bonds is 8. The molecule has 5 rings (SSSR count). The number of fused-ring (bicyclic) bond motifs is 2. The molecule has 0 amide bonds. The Labute approximate surface area is 211 Å². The third-order valence-electron chi connectivity index (χ3n) is 5.66. The van der Waals surface area contributed by atoms with Crippen molar-refractivity contribution in [3.8, 4) is 23.0 Å². The van der Waals surface area contributed by atoms with E-state index in [-0.39, 0.29) is 31.6 Å². The van der Waals surface area contributed by atoms with E-state index in [0.717, 1.165) is 55.7 Å². The first-order valence-corrected chi connectivity index (χ1v) is 10.9. The van der Waals surface area contributed by atoms with E-state index in [9.17, 15) is 0 Å². The van der Waals surface area contributed by atoms with Gasteiger partial charge < -0.3 is 34.5 Å². The van der Waals surface area contributed by atoms with Gasteiger partial charge in [-0.15, -0.1) is 24.8 Å². The van der Waals surface area contributed by atoms with Crippen molar-refractivity contribution in [1.29, 1.82) is 0 Å². The number of anilines is 2. The Morgan fingerprint density at radius 3 is 2.76 bits per heavy atom. The summed E-state index contributed by atoms with van der Waals surface area (Å²) >= 11 is 0. The van der Waals surface area contributed by atoms with E-state index < -0.39 is 0 Å². The molecule has 2 aromatic carbocycles. The van der Waals surface area contributed by atoms with Crippen LogP contribution >= 0.6 is 24.8 Å². The first-order chi connectivity index (χ1) is 15.8. The molecule has 0 bridgehead atoms. The molecule has 0 unspecified atom stereocenters. The molecule has 0 spiro atoms. The SMILES string of the molecule is COc1cc2c(Nc3cccc4c3OCO4)ncnc2cc1OCCCN1CCNCC1.Cl.Cl. The van der Waals surface area contributed by atoms with Crippen molar-refractivity contribution in [1.82, 2.24) is 20.2 Å². The second kappa shape index (κ2) is 12.1. The van der Waals surface area contributed by atoms with E-state index in [0.29, 0.717) is 35.4 Å². The van der Waals surface area contributed by atoms with E-state index in [1.165, 1.54) is 6.33 Å². The summed E-state index contributed by atoms with van der Waals surface area (Å²) in [5, 5.41) is 7.55. The maximum absolute atomic E-state index is 6.06. The van der Waals surface area contributed by atoms with Crippen LogP contribution < -0.4 is 29.6 Å². The van der Waals surface area contributed by atoms with Gasteiger partial charge in [-0.05, 0) is 24.6 Å². The fourth-order valence-corrected chi connectivity index (χ4v) is 4.00. The second-order valence-electron chi connectivity index (χ2n) is 7.70. The van der Waals surface area contributed by atoms with Crippen LogP contribution in [0.2, 0.25) is 0 Å². The van der Waals surface area contributed by atoms with E-state index in [1.807, 2.05) is 30.3 Å². The van der Waals surface area contributed by atoms with Gasteiger partial charge in [-0.2, -0.15) is 0 Å². The summed E-state index contributed by atoms with van der Waals surface area (Å²) in [7, 11) is 1.64. The Hall–Kier alpha value is -2.72. The molecule has 3 heterocycles. The van der Waals surface area contributed by atoms with Gasteiger partial charge >= 0.3 is 0 Å². The quantitative estimate of drug-likeness (QED) is 0.441. The number of piperazine rings is 1. The van der Waals surface area contributed by atoms with E-state index >= 15 is 0 Å². The molecule has 184 valence electrons. The Morgan fingerprint density at radius 2 is 1.94 bits per heavy atom. The number of halogens is 2. The zero-order valence-corrected chi connectivity index (χ0v) is 20.5. The van der Waals surface area contributed by atoms with Crippen LogP contribution in [-0.4, -0.2) is 68.1 Å². The molecule has 2 aliphatic heterocycles. The van der Waals surface area contributed by atoms with Crippen LogP contribution in [0.15, 0.2) is 36.7 Å². The number of ether oxygens (including phenoxy) is 4. The molecule has 0 saturated carbocycles. The van der Waals surface area contributed by atoms with Crippen molar-refractivity contribution >= 4 is 47.2 Å². The van der Waals surface area contributed by atoms with Crippen LogP contribution in [0.3, 0.4) is 0 Å². The Kier molecular flexibility index (Phi) is 9.23. The summed E-state index contributed by atoms with van der Waals surface area (Å²) < 4.78 is 22.7. The first-order valence-electron chi connectivity index (χ1n) is 10.9. The van der Waals surface area contributed by atoms with Crippen molar-refractivity contribution < 1.29 is 18.9 Å². The van der Waals surface area contributed by atoms with Crippen molar-refractivity contribution in [2.24, 2.45) is 0 Å². The van der Waals surface area contributed by atoms with E-state index in [4.69, 9.17) is 18.9 Å². The molecule has 1 aromatic heterocycles. The maximum atomic E-state index is 6.06. The number of nitrogens with one attached hydrogen (secondary N) is 2. The number of hydrogen-bond acceptors (Lipinski definition) is 9. The lowest BCUT2D eigenvalue weighted by atomic mass is 10.2. The Balaban J connectivity index is 0.00000162. The van der Waals surface area contributed by atoms with Crippen molar-refractivity contribution in [2.45, 2.75) is 6.42 Å².